The van der Waals surface area contributed by atoms with Gasteiger partial charge in [0.25, 0.3) is 5.91 Å². The summed E-state index contributed by atoms with van der Waals surface area (Å²) >= 11 is 9.36. The first-order valence-corrected chi connectivity index (χ1v) is 9.54. The lowest BCUT2D eigenvalue weighted by atomic mass is 10.1. The van der Waals surface area contributed by atoms with Crippen LogP contribution in [0.4, 0.5) is 5.82 Å². The largest absolute Gasteiger partial charge is 0.451 e. The molecule has 0 unspecified atom stereocenters. The van der Waals surface area contributed by atoms with Gasteiger partial charge in [-0.3, -0.25) is 4.79 Å². The number of carbonyl (C=O) groups excluding carboxylic acids is 1. The third-order valence-corrected chi connectivity index (χ3v) is 5.41. The Morgan fingerprint density at radius 3 is 2.65 bits per heavy atom. The number of benzene rings is 1. The number of pyridine rings is 1. The average molecular weight is 435 g/mol. The number of furan rings is 1. The summed E-state index contributed by atoms with van der Waals surface area (Å²) in [4.78, 5) is 21.3. The molecule has 1 fully saturated rings. The maximum absolute atomic E-state index is 12.9. The summed E-state index contributed by atoms with van der Waals surface area (Å²) in [6.45, 7) is 4.64. The van der Waals surface area contributed by atoms with E-state index in [2.05, 4.69) is 25.8 Å². The molecule has 0 spiro atoms. The van der Waals surface area contributed by atoms with Crippen LogP contribution >= 0.6 is 27.5 Å². The number of rotatable bonds is 2. The third-order valence-electron chi connectivity index (χ3n) is 4.70. The van der Waals surface area contributed by atoms with Crippen LogP contribution < -0.4 is 4.90 Å². The zero-order valence-corrected chi connectivity index (χ0v) is 16.5. The van der Waals surface area contributed by atoms with Crippen molar-refractivity contribution in [3.63, 3.8) is 0 Å². The lowest BCUT2D eigenvalue weighted by Crippen LogP contribution is -2.49. The Hall–Kier alpha value is -2.05. The highest BCUT2D eigenvalue weighted by atomic mass is 79.9. The number of piperazine rings is 1. The van der Waals surface area contributed by atoms with Crippen LogP contribution in [0.1, 0.15) is 16.1 Å². The fraction of sp³-hybridized carbons (Fsp3) is 0.263. The molecule has 1 aliphatic rings. The first-order chi connectivity index (χ1) is 12.5. The van der Waals surface area contributed by atoms with E-state index in [9.17, 15) is 4.79 Å². The van der Waals surface area contributed by atoms with Gasteiger partial charge in [-0.15, -0.1) is 0 Å². The van der Waals surface area contributed by atoms with Crippen molar-refractivity contribution in [3.05, 3.63) is 57.3 Å². The van der Waals surface area contributed by atoms with E-state index in [0.29, 0.717) is 23.9 Å². The minimum absolute atomic E-state index is 0.0569. The number of nitrogens with zero attached hydrogens (tertiary/aromatic N) is 3. The molecule has 3 heterocycles. The predicted octanol–water partition coefficient (Wildman–Crippen LogP) is 4.51. The van der Waals surface area contributed by atoms with Gasteiger partial charge in [0.05, 0.1) is 5.02 Å². The molecular weight excluding hydrogens is 418 g/mol. The zero-order valence-electron chi connectivity index (χ0n) is 14.2. The third kappa shape index (κ3) is 3.19. The molecule has 5 nitrogen and oxygen atoms in total. The van der Waals surface area contributed by atoms with Gasteiger partial charge in [0.15, 0.2) is 5.76 Å². The molecule has 0 atom stereocenters. The summed E-state index contributed by atoms with van der Waals surface area (Å²) in [6.07, 6.45) is 1.64. The Labute approximate surface area is 164 Å². The molecule has 4 rings (SSSR count). The van der Waals surface area contributed by atoms with Crippen LogP contribution in [-0.2, 0) is 0 Å². The molecule has 1 saturated heterocycles. The summed E-state index contributed by atoms with van der Waals surface area (Å²) in [7, 11) is 0. The number of aromatic nitrogens is 1. The van der Waals surface area contributed by atoms with Crippen molar-refractivity contribution in [2.24, 2.45) is 0 Å². The second-order valence-corrected chi connectivity index (χ2v) is 7.66. The van der Waals surface area contributed by atoms with Gasteiger partial charge in [0, 0.05) is 47.8 Å². The number of amides is 1. The minimum atomic E-state index is -0.0569. The summed E-state index contributed by atoms with van der Waals surface area (Å²) in [5, 5.41) is 1.58. The second kappa shape index (κ2) is 6.93. The number of fused-ring (bicyclic) bond motifs is 1. The molecule has 3 aromatic rings. The molecule has 0 saturated carbocycles. The first kappa shape index (κ1) is 17.4. The van der Waals surface area contributed by atoms with Crippen LogP contribution in [-0.4, -0.2) is 42.0 Å². The molecular formula is C19H17BrClN3O2. The number of hydrogen-bond acceptors (Lipinski definition) is 4. The van der Waals surface area contributed by atoms with E-state index in [1.165, 1.54) is 0 Å². The quantitative estimate of drug-likeness (QED) is 0.595. The Balaban J connectivity index is 1.50. The van der Waals surface area contributed by atoms with Crippen molar-refractivity contribution < 1.29 is 9.21 Å². The lowest BCUT2D eigenvalue weighted by molar-refractivity contribution is 0.0716. The van der Waals surface area contributed by atoms with Crippen molar-refractivity contribution in [1.29, 1.82) is 0 Å². The Bertz CT molecular complexity index is 963. The van der Waals surface area contributed by atoms with Gasteiger partial charge in [-0.2, -0.15) is 0 Å². The van der Waals surface area contributed by atoms with Gasteiger partial charge in [-0.1, -0.05) is 27.5 Å². The predicted molar refractivity (Wildman–Crippen MR) is 106 cm³/mol. The molecule has 0 N–H and O–H groups in total. The smallest absolute Gasteiger partial charge is 0.290 e. The number of aryl methyl sites for hydroxylation is 1. The molecule has 1 aliphatic heterocycles. The van der Waals surface area contributed by atoms with Crippen LogP contribution in [0.2, 0.25) is 5.02 Å². The normalized spacial score (nSPS) is 14.9. The van der Waals surface area contributed by atoms with Crippen molar-refractivity contribution >= 4 is 50.2 Å². The van der Waals surface area contributed by atoms with Crippen LogP contribution in [0.3, 0.4) is 0 Å². The van der Waals surface area contributed by atoms with Crippen molar-refractivity contribution in [2.45, 2.75) is 6.92 Å². The number of carbonyl (C=O) groups is 1. The number of halogens is 2. The molecule has 1 amide bonds. The molecule has 1 aromatic carbocycles. The van der Waals surface area contributed by atoms with Crippen LogP contribution in [0, 0.1) is 6.92 Å². The van der Waals surface area contributed by atoms with Crippen molar-refractivity contribution in [1.82, 2.24) is 9.88 Å². The maximum atomic E-state index is 12.9. The molecule has 0 aliphatic carbocycles. The van der Waals surface area contributed by atoms with Gasteiger partial charge in [-0.25, -0.2) is 4.98 Å². The molecule has 2 aromatic heterocycles. The lowest BCUT2D eigenvalue weighted by Gasteiger charge is -2.35. The SMILES string of the molecule is Cc1c(C(=O)N2CCN(c3ccc(Cl)cn3)CC2)oc2ccc(Br)cc12. The van der Waals surface area contributed by atoms with E-state index in [1.54, 1.807) is 6.20 Å². The molecule has 134 valence electrons. The highest BCUT2D eigenvalue weighted by Crippen LogP contribution is 2.29. The van der Waals surface area contributed by atoms with Gasteiger partial charge in [0.1, 0.15) is 11.4 Å². The second-order valence-electron chi connectivity index (χ2n) is 6.31. The summed E-state index contributed by atoms with van der Waals surface area (Å²) in [6, 6.07) is 9.51. The van der Waals surface area contributed by atoms with E-state index in [4.69, 9.17) is 16.0 Å². The molecule has 26 heavy (non-hydrogen) atoms. The van der Waals surface area contributed by atoms with E-state index < -0.39 is 0 Å². The number of anilines is 1. The molecule has 7 heteroatoms. The van der Waals surface area contributed by atoms with Gasteiger partial charge in [-0.05, 0) is 37.3 Å². The Morgan fingerprint density at radius 2 is 1.96 bits per heavy atom. The van der Waals surface area contributed by atoms with Crippen LogP contribution in [0.5, 0.6) is 0 Å². The molecule has 0 bridgehead atoms. The van der Waals surface area contributed by atoms with E-state index in [1.807, 2.05) is 42.2 Å². The Morgan fingerprint density at radius 1 is 1.19 bits per heavy atom. The van der Waals surface area contributed by atoms with E-state index >= 15 is 0 Å². The average Bonchev–Trinajstić information content (AvgIpc) is 2.98. The van der Waals surface area contributed by atoms with Crippen LogP contribution in [0.25, 0.3) is 11.0 Å². The van der Waals surface area contributed by atoms with Crippen molar-refractivity contribution in [2.75, 3.05) is 31.1 Å². The van der Waals surface area contributed by atoms with Gasteiger partial charge < -0.3 is 14.2 Å². The zero-order chi connectivity index (χ0) is 18.3. The minimum Gasteiger partial charge on any atom is -0.451 e. The highest BCUT2D eigenvalue weighted by Gasteiger charge is 2.27. The van der Waals surface area contributed by atoms with Gasteiger partial charge in [0.2, 0.25) is 0 Å². The topological polar surface area (TPSA) is 49.6 Å². The fourth-order valence-electron chi connectivity index (χ4n) is 3.23. The summed E-state index contributed by atoms with van der Waals surface area (Å²) in [5.74, 6) is 1.25. The van der Waals surface area contributed by atoms with Crippen LogP contribution in [0.15, 0.2) is 45.4 Å². The first-order valence-electron chi connectivity index (χ1n) is 8.37. The summed E-state index contributed by atoms with van der Waals surface area (Å²) < 4.78 is 6.81. The monoisotopic (exact) mass is 433 g/mol. The maximum Gasteiger partial charge on any atom is 0.290 e. The Kier molecular flexibility index (Phi) is 4.63. The highest BCUT2D eigenvalue weighted by molar-refractivity contribution is 9.10. The van der Waals surface area contributed by atoms with E-state index in [-0.39, 0.29) is 5.91 Å². The van der Waals surface area contributed by atoms with Gasteiger partial charge >= 0.3 is 0 Å². The van der Waals surface area contributed by atoms with Crippen molar-refractivity contribution in [3.8, 4) is 0 Å². The number of hydrogen-bond donors (Lipinski definition) is 0. The van der Waals surface area contributed by atoms with E-state index in [0.717, 1.165) is 39.9 Å². The molecule has 0 radical (unpaired) electrons. The standard InChI is InChI=1S/C19H17BrClN3O2/c1-12-15-10-13(20)2-4-16(15)26-18(12)19(25)24-8-6-23(7-9-24)17-5-3-14(21)11-22-17/h2-5,10-11H,6-9H2,1H3. The fourth-order valence-corrected chi connectivity index (χ4v) is 3.71. The summed E-state index contributed by atoms with van der Waals surface area (Å²) in [5.41, 5.74) is 1.62.